The van der Waals surface area contributed by atoms with Crippen LogP contribution < -0.4 is 0 Å². The lowest BCUT2D eigenvalue weighted by molar-refractivity contribution is -0.305. The van der Waals surface area contributed by atoms with Crippen molar-refractivity contribution in [1.82, 2.24) is 4.90 Å². The van der Waals surface area contributed by atoms with Crippen molar-refractivity contribution >= 4 is 23.4 Å². The highest BCUT2D eigenvalue weighted by Gasteiger charge is 2.51. The number of ether oxygens (including phenoxy) is 10. The summed E-state index contributed by atoms with van der Waals surface area (Å²) in [6.07, 6.45) is -11.8. The molecule has 19 heteroatoms. The van der Waals surface area contributed by atoms with Crippen molar-refractivity contribution in [2.75, 3.05) is 41.5 Å². The zero-order valence-electron chi connectivity index (χ0n) is 44.4. The van der Waals surface area contributed by atoms with Gasteiger partial charge in [0.25, 0.3) is 0 Å². The molecular formula is C50H88N2O17. The van der Waals surface area contributed by atoms with Crippen molar-refractivity contribution in [1.29, 1.82) is 0 Å². The quantitative estimate of drug-likeness (QED) is 0.163. The minimum absolute atomic E-state index is 0.0496. The second kappa shape index (κ2) is 26.0. The maximum absolute atomic E-state index is 15.1. The molecule has 22 atom stereocenters. The standard InChI is InChI=1S/C50H88N2O17/c1-24(2)18-36(53)66-42-31(9)41(26(4)23-62-49-45(60-16)44(59-15)38(54)34(12)65-49)68-47(57)33(11)43(67-37-19-27(5)52(14)22-29(7)63-37)30(8)40(25(3)21-50(13,58)46(56)32(42)10)69-48-39(55)35(51-61-17)20-28(6)64-48/h24-34,37-45,48-49,54-55,58H,18-23H2,1-17H3/t25?,26?,27-,28+,29-,30?,31?,32?,33?,34+,37-,38+,39+,40?,41?,42?,43?,44+,45+,48-,49+,50?/m0/s1. The number of cyclic esters (lactones) is 1. The summed E-state index contributed by atoms with van der Waals surface area (Å²) in [5.74, 6) is -6.83. The van der Waals surface area contributed by atoms with Gasteiger partial charge in [-0.25, -0.2) is 0 Å². The lowest BCUT2D eigenvalue weighted by Gasteiger charge is -2.44. The van der Waals surface area contributed by atoms with Crippen molar-refractivity contribution in [2.45, 2.75) is 213 Å². The Hall–Kier alpha value is -2.40. The van der Waals surface area contributed by atoms with Gasteiger partial charge >= 0.3 is 11.9 Å². The Balaban J connectivity index is 1.88. The summed E-state index contributed by atoms with van der Waals surface area (Å²) in [5, 5.41) is 38.8. The Labute approximate surface area is 410 Å². The van der Waals surface area contributed by atoms with Gasteiger partial charge in [-0.2, -0.15) is 0 Å². The summed E-state index contributed by atoms with van der Waals surface area (Å²) in [4.78, 5) is 50.9. The average Bonchev–Trinajstić information content (AvgIpc) is 3.39. The van der Waals surface area contributed by atoms with Gasteiger partial charge in [0.2, 0.25) is 0 Å². The van der Waals surface area contributed by atoms with Gasteiger partial charge in [0.15, 0.2) is 24.7 Å². The van der Waals surface area contributed by atoms with Gasteiger partial charge in [-0.1, -0.05) is 53.6 Å². The lowest BCUT2D eigenvalue weighted by atomic mass is 9.74. The van der Waals surface area contributed by atoms with Crippen LogP contribution in [0.5, 0.6) is 0 Å². The number of hydrogen-bond donors (Lipinski definition) is 3. The highest BCUT2D eigenvalue weighted by Crippen LogP contribution is 2.39. The molecule has 4 fully saturated rings. The van der Waals surface area contributed by atoms with Gasteiger partial charge < -0.3 is 72.4 Å². The van der Waals surface area contributed by atoms with E-state index in [1.807, 2.05) is 55.5 Å². The average molecular weight is 989 g/mol. The number of rotatable bonds is 14. The van der Waals surface area contributed by atoms with Crippen molar-refractivity contribution in [3.05, 3.63) is 0 Å². The maximum atomic E-state index is 15.1. The third kappa shape index (κ3) is 15.1. The molecule has 4 heterocycles. The fraction of sp³-hybridized carbons (Fsp3) is 0.920. The van der Waals surface area contributed by atoms with Gasteiger partial charge in [0.1, 0.15) is 49.3 Å². The summed E-state index contributed by atoms with van der Waals surface area (Å²) >= 11 is 0. The summed E-state index contributed by atoms with van der Waals surface area (Å²) in [5.41, 5.74) is -1.69. The molecule has 4 aliphatic rings. The number of Topliss-reactive ketones (excluding diaryl/α,β-unsaturated/α-hetero) is 1. The van der Waals surface area contributed by atoms with E-state index in [1.54, 1.807) is 27.7 Å². The monoisotopic (exact) mass is 989 g/mol. The number of nitrogens with zero attached hydrogens (tertiary/aromatic N) is 2. The molecule has 4 aliphatic heterocycles. The summed E-state index contributed by atoms with van der Waals surface area (Å²) in [7, 11) is 6.33. The number of esters is 2. The van der Waals surface area contributed by atoms with Crippen LogP contribution in [0, 0.1) is 41.4 Å². The highest BCUT2D eigenvalue weighted by atomic mass is 16.7. The topological polar surface area (TPSA) is 229 Å². The first-order valence-corrected chi connectivity index (χ1v) is 25.0. The molecule has 0 bridgehead atoms. The number of aliphatic hydroxyl groups excluding tert-OH is 2. The van der Waals surface area contributed by atoms with E-state index < -0.39 is 139 Å². The molecule has 0 aromatic rings. The van der Waals surface area contributed by atoms with E-state index in [2.05, 4.69) is 17.0 Å². The SMILES string of the molecule is CON=C1C[C@@H](C)O[C@@H](OC2C(C)CC(C)(O)C(=O)C(C)C(OC(=O)CC(C)C)C(C)C(C(C)CO[C@@H]3O[C@H](C)[C@@H](O)[C@@H](OC)[C@H]3OC)OC(=O)C(C)C(O[C@H]3C[C@H](C)N(C)C[C@H](C)O3)C2C)[C@@H]1O. The van der Waals surface area contributed by atoms with Crippen molar-refractivity contribution < 1.29 is 81.9 Å². The normalized spacial score (nSPS) is 43.7. The van der Waals surface area contributed by atoms with Crippen LogP contribution in [-0.4, -0.2) is 183 Å². The minimum atomic E-state index is -2.01. The minimum Gasteiger partial charge on any atom is -0.461 e. The van der Waals surface area contributed by atoms with E-state index in [9.17, 15) is 24.9 Å². The number of oxime groups is 1. The molecule has 3 N–H and O–H groups in total. The number of hydrogen-bond acceptors (Lipinski definition) is 19. The van der Waals surface area contributed by atoms with E-state index in [-0.39, 0.29) is 43.9 Å². The van der Waals surface area contributed by atoms with Gasteiger partial charge in [-0.05, 0) is 66.8 Å². The number of aliphatic hydroxyl groups is 3. The zero-order valence-corrected chi connectivity index (χ0v) is 44.4. The Bertz CT molecular complexity index is 1670. The van der Waals surface area contributed by atoms with Crippen LogP contribution in [0.25, 0.3) is 0 Å². The van der Waals surface area contributed by atoms with E-state index >= 15 is 4.79 Å². The molecule has 400 valence electrons. The molecule has 69 heavy (non-hydrogen) atoms. The molecular weight excluding hydrogens is 901 g/mol. The van der Waals surface area contributed by atoms with Crippen LogP contribution in [-0.2, 0) is 66.6 Å². The molecule has 0 spiro atoms. The van der Waals surface area contributed by atoms with E-state index in [0.29, 0.717) is 18.7 Å². The predicted octanol–water partition coefficient (Wildman–Crippen LogP) is 4.27. The molecule has 0 aromatic carbocycles. The number of ketones is 1. The molecule has 19 nitrogen and oxygen atoms in total. The second-order valence-corrected chi connectivity index (χ2v) is 21.3. The fourth-order valence-corrected chi connectivity index (χ4v) is 10.7. The Morgan fingerprint density at radius 1 is 0.826 bits per heavy atom. The molecule has 11 unspecified atom stereocenters. The van der Waals surface area contributed by atoms with E-state index in [0.717, 1.165) is 0 Å². The van der Waals surface area contributed by atoms with Crippen LogP contribution >= 0.6 is 0 Å². The number of likely N-dealkylation sites (N-methyl/N-ethyl adjacent to an activating group) is 1. The van der Waals surface area contributed by atoms with Crippen LogP contribution in [0.4, 0.5) is 0 Å². The van der Waals surface area contributed by atoms with Gasteiger partial charge in [-0.3, -0.25) is 14.4 Å². The summed E-state index contributed by atoms with van der Waals surface area (Å²) in [6.45, 7) is 23.9. The molecule has 4 saturated heterocycles. The van der Waals surface area contributed by atoms with Crippen molar-refractivity contribution in [3.63, 3.8) is 0 Å². The van der Waals surface area contributed by atoms with Gasteiger partial charge in [-0.15, -0.1) is 0 Å². The number of carbonyl (C=O) groups excluding carboxylic acids is 3. The first-order chi connectivity index (χ1) is 32.3. The van der Waals surface area contributed by atoms with E-state index in [1.165, 1.54) is 28.3 Å². The van der Waals surface area contributed by atoms with Crippen molar-refractivity contribution in [3.8, 4) is 0 Å². The molecule has 0 saturated carbocycles. The predicted molar refractivity (Wildman–Crippen MR) is 253 cm³/mol. The smallest absolute Gasteiger partial charge is 0.311 e. The third-order valence-corrected chi connectivity index (χ3v) is 14.6. The molecule has 0 radical (unpaired) electrons. The highest BCUT2D eigenvalue weighted by molar-refractivity contribution is 5.90. The Morgan fingerprint density at radius 3 is 2.09 bits per heavy atom. The van der Waals surface area contributed by atoms with Crippen LogP contribution in [0.2, 0.25) is 0 Å². The van der Waals surface area contributed by atoms with E-state index in [4.69, 9.17) is 52.2 Å². The molecule has 0 aliphatic carbocycles. The third-order valence-electron chi connectivity index (χ3n) is 14.6. The van der Waals surface area contributed by atoms with Crippen LogP contribution in [0.1, 0.15) is 116 Å². The van der Waals surface area contributed by atoms with Gasteiger partial charge in [0.05, 0.1) is 54.7 Å². The first-order valence-electron chi connectivity index (χ1n) is 25.0. The molecule has 0 aromatic heterocycles. The molecule has 0 amide bonds. The number of methoxy groups -OCH3 is 2. The van der Waals surface area contributed by atoms with Crippen LogP contribution in [0.3, 0.4) is 0 Å². The van der Waals surface area contributed by atoms with Gasteiger partial charge in [0, 0.05) is 63.8 Å². The Kier molecular flexibility index (Phi) is 22.3. The van der Waals surface area contributed by atoms with Crippen LogP contribution in [0.15, 0.2) is 5.16 Å². The summed E-state index contributed by atoms with van der Waals surface area (Å²) in [6, 6.07) is 0.0496. The zero-order chi connectivity index (χ0) is 51.8. The largest absolute Gasteiger partial charge is 0.461 e. The second-order valence-electron chi connectivity index (χ2n) is 21.3. The maximum Gasteiger partial charge on any atom is 0.311 e. The summed E-state index contributed by atoms with van der Waals surface area (Å²) < 4.78 is 63.1. The van der Waals surface area contributed by atoms with Crippen molar-refractivity contribution in [2.24, 2.45) is 46.6 Å². The first kappa shape index (κ1) is 59.2. The Morgan fingerprint density at radius 2 is 1.48 bits per heavy atom. The lowest BCUT2D eigenvalue weighted by Crippen LogP contribution is -2.59. The molecule has 4 rings (SSSR count). The number of carbonyl (C=O) groups is 3. The fourth-order valence-electron chi connectivity index (χ4n) is 10.7.